The molecule has 0 aromatic rings. The van der Waals surface area contributed by atoms with Gasteiger partial charge in [0.1, 0.15) is 11.9 Å². The number of halogens is 1. The maximum atomic E-state index is 12.4. The number of rotatable bonds is 8. The summed E-state index contributed by atoms with van der Waals surface area (Å²) in [6.07, 6.45) is 4.03. The Balaban J connectivity index is 2.72. The van der Waals surface area contributed by atoms with E-state index in [0.29, 0.717) is 6.42 Å². The second kappa shape index (κ2) is 10.8. The maximum Gasteiger partial charge on any atom is 0.405 e. The number of carbonyl (C=O) groups is 4. The van der Waals surface area contributed by atoms with Crippen molar-refractivity contribution in [3.05, 3.63) is 0 Å². The van der Waals surface area contributed by atoms with Crippen molar-refractivity contribution in [2.24, 2.45) is 11.7 Å². The Morgan fingerprint density at radius 3 is 2.36 bits per heavy atom. The Kier molecular flexibility index (Phi) is 9.04. The van der Waals surface area contributed by atoms with Crippen molar-refractivity contribution in [1.82, 2.24) is 15.8 Å². The predicted octanol–water partition coefficient (Wildman–Crippen LogP) is 0.567. The first-order chi connectivity index (χ1) is 11.8. The molecule has 0 aromatic heterocycles. The van der Waals surface area contributed by atoms with E-state index in [1.807, 2.05) is 0 Å². The molecular formula is C15H25ClN4O5. The van der Waals surface area contributed by atoms with Crippen LogP contribution in [0.25, 0.3) is 0 Å². The molecule has 1 rings (SSSR count). The van der Waals surface area contributed by atoms with Crippen molar-refractivity contribution >= 4 is 35.4 Å². The molecule has 142 valence electrons. The summed E-state index contributed by atoms with van der Waals surface area (Å²) in [7, 11) is 0. The average Bonchev–Trinajstić information content (AvgIpc) is 2.57. The largest absolute Gasteiger partial charge is 0.465 e. The average molecular weight is 377 g/mol. The van der Waals surface area contributed by atoms with Gasteiger partial charge in [0.2, 0.25) is 5.91 Å². The van der Waals surface area contributed by atoms with Gasteiger partial charge < -0.3 is 16.2 Å². The number of amides is 4. The van der Waals surface area contributed by atoms with Gasteiger partial charge in [-0.3, -0.25) is 24.8 Å². The molecule has 10 heteroatoms. The highest BCUT2D eigenvalue weighted by atomic mass is 35.5. The number of hydrazine groups is 1. The molecule has 5 N–H and O–H groups in total. The highest BCUT2D eigenvalue weighted by molar-refractivity contribution is 6.27. The number of primary amides is 1. The molecule has 25 heavy (non-hydrogen) atoms. The van der Waals surface area contributed by atoms with Crippen LogP contribution in [0.2, 0.25) is 0 Å². The van der Waals surface area contributed by atoms with E-state index in [0.717, 1.165) is 37.1 Å². The number of hydrogen-bond acceptors (Lipinski definition) is 4. The van der Waals surface area contributed by atoms with Gasteiger partial charge in [-0.2, -0.15) is 0 Å². The van der Waals surface area contributed by atoms with Crippen LogP contribution >= 0.6 is 11.6 Å². The summed E-state index contributed by atoms with van der Waals surface area (Å²) < 4.78 is 0. The third-order valence-electron chi connectivity index (χ3n) is 4.15. The summed E-state index contributed by atoms with van der Waals surface area (Å²) in [6.45, 7) is -0.129. The molecule has 0 heterocycles. The highest BCUT2D eigenvalue weighted by Crippen LogP contribution is 2.27. The minimum Gasteiger partial charge on any atom is -0.465 e. The molecule has 0 saturated heterocycles. The van der Waals surface area contributed by atoms with Gasteiger partial charge >= 0.3 is 6.09 Å². The molecular weight excluding hydrogens is 352 g/mol. The van der Waals surface area contributed by atoms with Crippen LogP contribution in [0.5, 0.6) is 0 Å². The molecule has 1 saturated carbocycles. The number of alkyl halides is 1. The van der Waals surface area contributed by atoms with Crippen LogP contribution in [0.1, 0.15) is 44.9 Å². The lowest BCUT2D eigenvalue weighted by atomic mass is 9.84. The van der Waals surface area contributed by atoms with Gasteiger partial charge in [0.25, 0.3) is 11.8 Å². The van der Waals surface area contributed by atoms with E-state index < -0.39 is 35.7 Å². The SMILES string of the molecule is NC(=O)CCN(NC(=O)[C@H](CC1CCCCC1)NC(=O)O)C(=O)CCl. The Bertz CT molecular complexity index is 496. The van der Waals surface area contributed by atoms with Crippen molar-refractivity contribution in [3.8, 4) is 0 Å². The van der Waals surface area contributed by atoms with Crippen molar-refractivity contribution in [3.63, 3.8) is 0 Å². The lowest BCUT2D eigenvalue weighted by molar-refractivity contribution is -0.141. The van der Waals surface area contributed by atoms with E-state index >= 15 is 0 Å². The van der Waals surface area contributed by atoms with Gasteiger partial charge in [-0.1, -0.05) is 32.1 Å². The molecule has 1 atom stereocenters. The van der Waals surface area contributed by atoms with E-state index in [1.165, 1.54) is 0 Å². The summed E-state index contributed by atoms with van der Waals surface area (Å²) in [4.78, 5) is 46.1. The van der Waals surface area contributed by atoms with Gasteiger partial charge in [-0.15, -0.1) is 11.6 Å². The molecule has 1 aliphatic carbocycles. The molecule has 1 aliphatic rings. The third kappa shape index (κ3) is 8.06. The monoisotopic (exact) mass is 376 g/mol. The smallest absolute Gasteiger partial charge is 0.405 e. The van der Waals surface area contributed by atoms with E-state index in [4.69, 9.17) is 22.4 Å². The van der Waals surface area contributed by atoms with Crippen LogP contribution in [-0.2, 0) is 14.4 Å². The van der Waals surface area contributed by atoms with Gasteiger partial charge in [-0.25, -0.2) is 4.79 Å². The van der Waals surface area contributed by atoms with Crippen molar-refractivity contribution in [2.45, 2.75) is 51.0 Å². The fraction of sp³-hybridized carbons (Fsp3) is 0.733. The van der Waals surface area contributed by atoms with Crippen LogP contribution in [0.3, 0.4) is 0 Å². The molecule has 0 bridgehead atoms. The Hall–Kier alpha value is -2.03. The summed E-state index contributed by atoms with van der Waals surface area (Å²) in [5, 5.41) is 12.1. The first-order valence-corrected chi connectivity index (χ1v) is 8.81. The first-order valence-electron chi connectivity index (χ1n) is 8.28. The van der Waals surface area contributed by atoms with Gasteiger partial charge in [0.05, 0.1) is 6.54 Å². The minimum absolute atomic E-state index is 0.129. The van der Waals surface area contributed by atoms with Gasteiger partial charge in [0, 0.05) is 6.42 Å². The zero-order chi connectivity index (χ0) is 18.8. The summed E-state index contributed by atoms with van der Waals surface area (Å²) in [6, 6.07) is -0.986. The number of carboxylic acid groups (broad SMARTS) is 1. The normalized spacial score (nSPS) is 15.9. The summed E-state index contributed by atoms with van der Waals surface area (Å²) in [5.41, 5.74) is 7.39. The summed E-state index contributed by atoms with van der Waals surface area (Å²) in [5.74, 6) is -2.04. The van der Waals surface area contributed by atoms with Gasteiger partial charge in [-0.05, 0) is 12.3 Å². The number of hydrogen-bond donors (Lipinski definition) is 4. The molecule has 0 radical (unpaired) electrons. The van der Waals surface area contributed by atoms with E-state index in [1.54, 1.807) is 0 Å². The number of carbonyl (C=O) groups excluding carboxylic acids is 3. The Labute approximate surface area is 151 Å². The number of nitrogens with zero attached hydrogens (tertiary/aromatic N) is 1. The quantitative estimate of drug-likeness (QED) is 0.362. The molecule has 0 aliphatic heterocycles. The fourth-order valence-corrected chi connectivity index (χ4v) is 3.03. The van der Waals surface area contributed by atoms with Crippen LogP contribution in [0.4, 0.5) is 4.79 Å². The van der Waals surface area contributed by atoms with Gasteiger partial charge in [0.15, 0.2) is 0 Å². The molecule has 9 nitrogen and oxygen atoms in total. The maximum absolute atomic E-state index is 12.4. The predicted molar refractivity (Wildman–Crippen MR) is 90.5 cm³/mol. The zero-order valence-corrected chi connectivity index (χ0v) is 14.8. The van der Waals surface area contributed by atoms with Crippen molar-refractivity contribution in [2.75, 3.05) is 12.4 Å². The highest BCUT2D eigenvalue weighted by Gasteiger charge is 2.28. The second-order valence-corrected chi connectivity index (χ2v) is 6.38. The van der Waals surface area contributed by atoms with E-state index in [-0.39, 0.29) is 18.9 Å². The zero-order valence-electron chi connectivity index (χ0n) is 14.0. The molecule has 1 fully saturated rings. The van der Waals surface area contributed by atoms with E-state index in [9.17, 15) is 19.2 Å². The lowest BCUT2D eigenvalue weighted by Crippen LogP contribution is -2.55. The fourth-order valence-electron chi connectivity index (χ4n) is 2.88. The topological polar surface area (TPSA) is 142 Å². The number of nitrogens with one attached hydrogen (secondary N) is 2. The number of nitrogens with two attached hydrogens (primary N) is 1. The third-order valence-corrected chi connectivity index (χ3v) is 4.38. The Morgan fingerprint density at radius 2 is 1.84 bits per heavy atom. The van der Waals surface area contributed by atoms with Crippen LogP contribution in [-0.4, -0.2) is 52.4 Å². The lowest BCUT2D eigenvalue weighted by Gasteiger charge is -2.28. The first kappa shape index (κ1) is 21.0. The van der Waals surface area contributed by atoms with Crippen molar-refractivity contribution in [1.29, 1.82) is 0 Å². The molecule has 0 aromatic carbocycles. The van der Waals surface area contributed by atoms with Crippen LogP contribution in [0.15, 0.2) is 0 Å². The molecule has 0 spiro atoms. The second-order valence-electron chi connectivity index (χ2n) is 6.11. The summed E-state index contributed by atoms with van der Waals surface area (Å²) >= 11 is 5.50. The minimum atomic E-state index is -1.32. The molecule has 0 unspecified atom stereocenters. The molecule has 4 amide bonds. The van der Waals surface area contributed by atoms with Crippen LogP contribution < -0.4 is 16.5 Å². The van der Waals surface area contributed by atoms with E-state index in [2.05, 4.69) is 10.7 Å². The standard InChI is InChI=1S/C15H25ClN4O5/c16-9-13(22)20(7-6-12(17)21)19-14(23)11(18-15(24)25)8-10-4-2-1-3-5-10/h10-11,18H,1-9H2,(H2,17,21)(H,19,23)(H,24,25)/t11-/m0/s1. The van der Waals surface area contributed by atoms with Crippen molar-refractivity contribution < 1.29 is 24.3 Å². The Morgan fingerprint density at radius 1 is 1.20 bits per heavy atom. The van der Waals surface area contributed by atoms with Crippen LogP contribution in [0, 0.1) is 5.92 Å².